The van der Waals surface area contributed by atoms with Gasteiger partial charge in [-0.05, 0) is 15.9 Å². The molecule has 1 atom stereocenters. The molecule has 1 saturated heterocycles. The minimum Gasteiger partial charge on any atom is -0.357 e. The van der Waals surface area contributed by atoms with E-state index in [4.69, 9.17) is 0 Å². The summed E-state index contributed by atoms with van der Waals surface area (Å²) in [5.74, 6) is -0.0932. The monoisotopic (exact) mass is 355 g/mol. The molecule has 7 nitrogen and oxygen atoms in total. The lowest BCUT2D eigenvalue weighted by atomic mass is 10.1. The van der Waals surface area contributed by atoms with Crippen molar-refractivity contribution >= 4 is 27.5 Å². The molecule has 1 unspecified atom stereocenters. The van der Waals surface area contributed by atoms with Gasteiger partial charge in [-0.2, -0.15) is 5.10 Å². The van der Waals surface area contributed by atoms with Gasteiger partial charge in [0.1, 0.15) is 10.5 Å². The molecular formula is C13H18BrN5O2. The zero-order valence-electron chi connectivity index (χ0n) is 11.8. The van der Waals surface area contributed by atoms with Gasteiger partial charge in [0.15, 0.2) is 0 Å². The highest BCUT2D eigenvalue weighted by molar-refractivity contribution is 9.10. The molecule has 114 valence electrons. The minimum atomic E-state index is -0.364. The number of piperazine rings is 1. The Morgan fingerprint density at radius 3 is 3.14 bits per heavy atom. The van der Waals surface area contributed by atoms with Crippen molar-refractivity contribution in [2.75, 3.05) is 31.6 Å². The first-order chi connectivity index (χ1) is 10.1. The van der Waals surface area contributed by atoms with Gasteiger partial charge in [0, 0.05) is 26.7 Å². The molecule has 0 aliphatic carbocycles. The van der Waals surface area contributed by atoms with Crippen LogP contribution in [0.15, 0.2) is 28.1 Å². The SMILES string of the molecule is C=CCn1ncc(N2CCNCC2C(=O)NC)c(Br)c1=O. The van der Waals surface area contributed by atoms with Gasteiger partial charge in [-0.25, -0.2) is 4.68 Å². The van der Waals surface area contributed by atoms with E-state index in [1.165, 1.54) is 4.68 Å². The number of amides is 1. The summed E-state index contributed by atoms with van der Waals surface area (Å²) < 4.78 is 1.73. The minimum absolute atomic E-state index is 0.0932. The molecule has 0 saturated carbocycles. The number of nitrogens with one attached hydrogen (secondary N) is 2. The van der Waals surface area contributed by atoms with Gasteiger partial charge in [-0.1, -0.05) is 6.08 Å². The second kappa shape index (κ2) is 6.86. The quantitative estimate of drug-likeness (QED) is 0.726. The van der Waals surface area contributed by atoms with Crippen LogP contribution in [0.4, 0.5) is 5.69 Å². The number of allylic oxidation sites excluding steroid dienone is 1. The van der Waals surface area contributed by atoms with Crippen LogP contribution >= 0.6 is 15.9 Å². The summed E-state index contributed by atoms with van der Waals surface area (Å²) in [7, 11) is 1.60. The Labute approximate surface area is 131 Å². The fourth-order valence-electron chi connectivity index (χ4n) is 2.30. The number of hydrogen-bond donors (Lipinski definition) is 2. The van der Waals surface area contributed by atoms with Crippen LogP contribution in [0.3, 0.4) is 0 Å². The van der Waals surface area contributed by atoms with Gasteiger partial charge in [0.05, 0.1) is 18.4 Å². The Morgan fingerprint density at radius 2 is 2.48 bits per heavy atom. The van der Waals surface area contributed by atoms with E-state index in [9.17, 15) is 9.59 Å². The van der Waals surface area contributed by atoms with Crippen LogP contribution in [0.25, 0.3) is 0 Å². The number of hydrogen-bond acceptors (Lipinski definition) is 5. The molecule has 2 rings (SSSR count). The average molecular weight is 356 g/mol. The second-order valence-corrected chi connectivity index (χ2v) is 5.44. The molecule has 0 aromatic carbocycles. The lowest BCUT2D eigenvalue weighted by molar-refractivity contribution is -0.122. The Bertz CT molecular complexity index is 601. The summed E-state index contributed by atoms with van der Waals surface area (Å²) in [5, 5.41) is 9.96. The highest BCUT2D eigenvalue weighted by Gasteiger charge is 2.30. The average Bonchev–Trinajstić information content (AvgIpc) is 2.51. The van der Waals surface area contributed by atoms with Crippen LogP contribution in [0.5, 0.6) is 0 Å². The first kappa shape index (κ1) is 15.7. The molecule has 1 aromatic rings. The van der Waals surface area contributed by atoms with Crippen molar-refractivity contribution in [1.29, 1.82) is 0 Å². The van der Waals surface area contributed by atoms with Crippen LogP contribution < -0.4 is 21.1 Å². The van der Waals surface area contributed by atoms with Crippen molar-refractivity contribution in [3.63, 3.8) is 0 Å². The number of nitrogens with zero attached hydrogens (tertiary/aromatic N) is 3. The molecule has 21 heavy (non-hydrogen) atoms. The Kier molecular flexibility index (Phi) is 5.13. The van der Waals surface area contributed by atoms with E-state index < -0.39 is 0 Å². The van der Waals surface area contributed by atoms with Crippen LogP contribution in [-0.4, -0.2) is 48.4 Å². The molecule has 2 heterocycles. The molecule has 1 amide bonds. The fourth-order valence-corrected chi connectivity index (χ4v) is 2.84. The van der Waals surface area contributed by atoms with E-state index in [-0.39, 0.29) is 17.5 Å². The van der Waals surface area contributed by atoms with Gasteiger partial charge >= 0.3 is 0 Å². The van der Waals surface area contributed by atoms with Crippen molar-refractivity contribution in [2.45, 2.75) is 12.6 Å². The molecule has 0 bridgehead atoms. The standard InChI is InChI=1S/C13H18BrN5O2/c1-3-5-19-13(21)11(14)9(8-17-19)18-6-4-16-7-10(18)12(20)15-2/h3,8,10,16H,1,4-7H2,2H3,(H,15,20). The van der Waals surface area contributed by atoms with Crippen molar-refractivity contribution in [3.8, 4) is 0 Å². The zero-order valence-corrected chi connectivity index (χ0v) is 13.4. The summed E-state index contributed by atoms with van der Waals surface area (Å²) in [5.41, 5.74) is 0.400. The summed E-state index contributed by atoms with van der Waals surface area (Å²) in [6, 6.07) is -0.364. The Balaban J connectivity index is 2.39. The number of likely N-dealkylation sites (N-methyl/N-ethyl adjacent to an activating group) is 1. The molecule has 1 aliphatic heterocycles. The van der Waals surface area contributed by atoms with Crippen LogP contribution in [-0.2, 0) is 11.3 Å². The van der Waals surface area contributed by atoms with Crippen LogP contribution in [0.1, 0.15) is 0 Å². The molecule has 1 aromatic heterocycles. The lowest BCUT2D eigenvalue weighted by Gasteiger charge is -2.36. The molecule has 0 radical (unpaired) electrons. The van der Waals surface area contributed by atoms with Crippen molar-refractivity contribution in [1.82, 2.24) is 20.4 Å². The number of carbonyl (C=O) groups excluding carboxylic acids is 1. The van der Waals surface area contributed by atoms with Gasteiger partial charge in [-0.15, -0.1) is 6.58 Å². The second-order valence-electron chi connectivity index (χ2n) is 4.65. The van der Waals surface area contributed by atoms with Crippen LogP contribution in [0, 0.1) is 0 Å². The number of carbonyl (C=O) groups is 1. The number of halogens is 1. The number of anilines is 1. The van der Waals surface area contributed by atoms with E-state index in [0.29, 0.717) is 29.8 Å². The molecule has 1 fully saturated rings. The van der Waals surface area contributed by atoms with E-state index in [0.717, 1.165) is 6.54 Å². The predicted molar refractivity (Wildman–Crippen MR) is 84.5 cm³/mol. The van der Waals surface area contributed by atoms with E-state index >= 15 is 0 Å². The number of aromatic nitrogens is 2. The molecule has 0 spiro atoms. The first-order valence-electron chi connectivity index (χ1n) is 6.65. The summed E-state index contributed by atoms with van der Waals surface area (Å²) in [6.07, 6.45) is 3.22. The zero-order chi connectivity index (χ0) is 15.4. The third-order valence-corrected chi connectivity index (χ3v) is 4.12. The molecule has 2 N–H and O–H groups in total. The normalized spacial score (nSPS) is 18.4. The highest BCUT2D eigenvalue weighted by atomic mass is 79.9. The molecular weight excluding hydrogens is 338 g/mol. The topological polar surface area (TPSA) is 79.3 Å². The smallest absolute Gasteiger partial charge is 0.283 e. The summed E-state index contributed by atoms with van der Waals surface area (Å²) in [6.45, 7) is 5.85. The van der Waals surface area contributed by atoms with Crippen molar-refractivity contribution in [3.05, 3.63) is 33.7 Å². The Morgan fingerprint density at radius 1 is 1.71 bits per heavy atom. The third kappa shape index (κ3) is 3.16. The molecule has 1 aliphatic rings. The summed E-state index contributed by atoms with van der Waals surface area (Å²) in [4.78, 5) is 26.1. The maximum atomic E-state index is 12.2. The Hall–Kier alpha value is -1.67. The van der Waals surface area contributed by atoms with Gasteiger partial charge in [0.2, 0.25) is 5.91 Å². The first-order valence-corrected chi connectivity index (χ1v) is 7.45. The maximum absolute atomic E-state index is 12.2. The van der Waals surface area contributed by atoms with Gasteiger partial charge < -0.3 is 15.5 Å². The van der Waals surface area contributed by atoms with Gasteiger partial charge in [-0.3, -0.25) is 9.59 Å². The molecule has 8 heteroatoms. The van der Waals surface area contributed by atoms with Crippen LogP contribution in [0.2, 0.25) is 0 Å². The van der Waals surface area contributed by atoms with E-state index in [1.54, 1.807) is 19.3 Å². The maximum Gasteiger partial charge on any atom is 0.283 e. The van der Waals surface area contributed by atoms with Crippen molar-refractivity contribution < 1.29 is 4.79 Å². The lowest BCUT2D eigenvalue weighted by Crippen LogP contribution is -2.58. The predicted octanol–water partition coefficient (Wildman–Crippen LogP) is -0.284. The van der Waals surface area contributed by atoms with Crippen molar-refractivity contribution in [2.24, 2.45) is 0 Å². The van der Waals surface area contributed by atoms with E-state index in [2.05, 4.69) is 38.2 Å². The number of rotatable bonds is 4. The highest BCUT2D eigenvalue weighted by Crippen LogP contribution is 2.24. The fraction of sp³-hybridized carbons (Fsp3) is 0.462. The third-order valence-electron chi connectivity index (χ3n) is 3.37. The largest absolute Gasteiger partial charge is 0.357 e. The summed E-state index contributed by atoms with van der Waals surface area (Å²) >= 11 is 3.33. The van der Waals surface area contributed by atoms with Gasteiger partial charge in [0.25, 0.3) is 5.56 Å². The van der Waals surface area contributed by atoms with E-state index in [1.807, 2.05) is 4.90 Å².